The van der Waals surface area contributed by atoms with Crippen LogP contribution in [0.25, 0.3) is 22.2 Å². The van der Waals surface area contributed by atoms with E-state index in [2.05, 4.69) is 16.0 Å². The predicted octanol–water partition coefficient (Wildman–Crippen LogP) is 4.33. The van der Waals surface area contributed by atoms with Crippen LogP contribution in [0.15, 0.2) is 47.4 Å². The second-order valence-electron chi connectivity index (χ2n) is 3.97. The van der Waals surface area contributed by atoms with Crippen LogP contribution < -0.4 is 0 Å². The largest absolute Gasteiger partial charge is 0.265 e. The maximum Gasteiger partial charge on any atom is 0.134 e. The molecule has 0 aliphatic heterocycles. The van der Waals surface area contributed by atoms with Crippen LogP contribution in [0, 0.1) is 11.3 Å². The van der Waals surface area contributed by atoms with Gasteiger partial charge in [-0.3, -0.25) is 4.98 Å². The van der Waals surface area contributed by atoms with Crippen molar-refractivity contribution in [3.63, 3.8) is 0 Å². The third-order valence-corrected chi connectivity index (χ3v) is 4.41. The van der Waals surface area contributed by atoms with Crippen molar-refractivity contribution in [1.82, 2.24) is 9.97 Å². The fraction of sp³-hybridized carbons (Fsp3) is 0. The molecule has 0 unspecified atom stereocenters. The predicted molar refractivity (Wildman–Crippen MR) is 83.1 cm³/mol. The Morgan fingerprint density at radius 1 is 1.20 bits per heavy atom. The molecule has 0 atom stereocenters. The minimum absolute atomic E-state index is 0.573. The van der Waals surface area contributed by atoms with Gasteiger partial charge in [-0.1, -0.05) is 6.07 Å². The Hall–Kier alpha value is -2.29. The first kappa shape index (κ1) is 12.7. The molecule has 3 nitrogen and oxygen atoms in total. The highest BCUT2D eigenvalue weighted by atomic mass is 32.1. The van der Waals surface area contributed by atoms with Crippen molar-refractivity contribution >= 4 is 34.3 Å². The number of thiophene rings is 1. The summed E-state index contributed by atoms with van der Waals surface area (Å²) >= 11 is 3.14. The average molecular weight is 295 g/mol. The van der Waals surface area contributed by atoms with Crippen LogP contribution in [0.3, 0.4) is 0 Å². The molecule has 0 fully saturated rings. The second-order valence-corrected chi connectivity index (χ2v) is 5.77. The molecule has 0 aliphatic carbocycles. The van der Waals surface area contributed by atoms with Crippen molar-refractivity contribution < 1.29 is 0 Å². The third-order valence-electron chi connectivity index (χ3n) is 2.65. The molecule has 0 spiro atoms. The molecule has 0 bridgehead atoms. The Bertz CT molecular complexity index is 765. The minimum Gasteiger partial charge on any atom is -0.265 e. The number of aromatic nitrogens is 2. The van der Waals surface area contributed by atoms with E-state index in [1.165, 1.54) is 11.3 Å². The molecule has 3 heterocycles. The lowest BCUT2D eigenvalue weighted by molar-refractivity contribution is 1.32. The number of nitriles is 1. The highest BCUT2D eigenvalue weighted by Crippen LogP contribution is 2.29. The quantitative estimate of drug-likeness (QED) is 0.676. The molecular weight excluding hydrogens is 286 g/mol. The summed E-state index contributed by atoms with van der Waals surface area (Å²) in [4.78, 5) is 9.63. The van der Waals surface area contributed by atoms with Gasteiger partial charge in [-0.25, -0.2) is 4.98 Å². The standard InChI is InChI=1S/C15H9N3S2/c16-9-12(8-11-3-5-17-6-4-11)15-18-13(10-20-15)14-2-1-7-19-14/h1-8,10H/b12-8-. The number of nitrogens with zero attached hydrogens (tertiary/aromatic N) is 3. The fourth-order valence-corrected chi connectivity index (χ4v) is 3.25. The normalized spacial score (nSPS) is 11.2. The van der Waals surface area contributed by atoms with Crippen molar-refractivity contribution in [3.8, 4) is 16.6 Å². The Labute approximate surface area is 124 Å². The number of allylic oxidation sites excluding steroid dienone is 1. The Morgan fingerprint density at radius 3 is 2.75 bits per heavy atom. The van der Waals surface area contributed by atoms with E-state index in [1.807, 2.05) is 41.1 Å². The Kier molecular flexibility index (Phi) is 3.68. The van der Waals surface area contributed by atoms with Crippen LogP contribution in [0.2, 0.25) is 0 Å². The SMILES string of the molecule is N#C/C(=C/c1ccncc1)c1nc(-c2cccs2)cs1. The molecule has 0 saturated heterocycles. The summed E-state index contributed by atoms with van der Waals surface area (Å²) in [7, 11) is 0. The first-order chi connectivity index (χ1) is 9.86. The van der Waals surface area contributed by atoms with Gasteiger partial charge in [0.05, 0.1) is 16.1 Å². The molecule has 0 aliphatic rings. The highest BCUT2D eigenvalue weighted by molar-refractivity contribution is 7.14. The first-order valence-electron chi connectivity index (χ1n) is 5.88. The Balaban J connectivity index is 1.95. The highest BCUT2D eigenvalue weighted by Gasteiger charge is 2.09. The number of pyridine rings is 1. The summed E-state index contributed by atoms with van der Waals surface area (Å²) in [5, 5.41) is 14.1. The van der Waals surface area contributed by atoms with Crippen molar-refractivity contribution in [1.29, 1.82) is 5.26 Å². The van der Waals surface area contributed by atoms with Gasteiger partial charge in [0.1, 0.15) is 11.1 Å². The molecule has 0 aromatic carbocycles. The zero-order chi connectivity index (χ0) is 13.8. The summed E-state index contributed by atoms with van der Waals surface area (Å²) in [6, 6.07) is 9.98. The van der Waals surface area contributed by atoms with Crippen molar-refractivity contribution in [2.75, 3.05) is 0 Å². The molecule has 5 heteroatoms. The molecule has 0 radical (unpaired) electrons. The van der Waals surface area contributed by atoms with Crippen LogP contribution in [-0.2, 0) is 0 Å². The number of thiazole rings is 1. The number of hydrogen-bond acceptors (Lipinski definition) is 5. The van der Waals surface area contributed by atoms with E-state index in [4.69, 9.17) is 0 Å². The second kappa shape index (κ2) is 5.78. The van der Waals surface area contributed by atoms with Crippen LogP contribution in [0.5, 0.6) is 0 Å². The minimum atomic E-state index is 0.573. The van der Waals surface area contributed by atoms with E-state index in [0.717, 1.165) is 21.1 Å². The molecule has 0 N–H and O–H groups in total. The molecule has 0 amide bonds. The zero-order valence-corrected chi connectivity index (χ0v) is 12.0. The number of hydrogen-bond donors (Lipinski definition) is 0. The molecule has 0 saturated carbocycles. The smallest absolute Gasteiger partial charge is 0.134 e. The maximum absolute atomic E-state index is 9.32. The monoisotopic (exact) mass is 295 g/mol. The van der Waals surface area contributed by atoms with Gasteiger partial charge in [-0.2, -0.15) is 5.26 Å². The summed E-state index contributed by atoms with van der Waals surface area (Å²) in [6.45, 7) is 0. The lowest BCUT2D eigenvalue weighted by Crippen LogP contribution is -1.82. The van der Waals surface area contributed by atoms with Crippen LogP contribution >= 0.6 is 22.7 Å². The fourth-order valence-electron chi connectivity index (χ4n) is 1.70. The van der Waals surface area contributed by atoms with Gasteiger partial charge >= 0.3 is 0 Å². The van der Waals surface area contributed by atoms with Gasteiger partial charge in [-0.05, 0) is 35.2 Å². The average Bonchev–Trinajstić information content (AvgIpc) is 3.16. The summed E-state index contributed by atoms with van der Waals surface area (Å²) < 4.78 is 0. The van der Waals surface area contributed by atoms with E-state index in [9.17, 15) is 5.26 Å². The third kappa shape index (κ3) is 2.67. The molecule has 20 heavy (non-hydrogen) atoms. The van der Waals surface area contributed by atoms with E-state index in [-0.39, 0.29) is 0 Å². The van der Waals surface area contributed by atoms with Gasteiger partial charge in [0.15, 0.2) is 0 Å². The van der Waals surface area contributed by atoms with Gasteiger partial charge < -0.3 is 0 Å². The molecule has 3 aromatic rings. The van der Waals surface area contributed by atoms with Crippen LogP contribution in [0.4, 0.5) is 0 Å². The van der Waals surface area contributed by atoms with Crippen molar-refractivity contribution in [3.05, 3.63) is 58.0 Å². The molecular formula is C15H9N3S2. The van der Waals surface area contributed by atoms with Gasteiger partial charge in [0, 0.05) is 17.8 Å². The zero-order valence-electron chi connectivity index (χ0n) is 10.4. The first-order valence-corrected chi connectivity index (χ1v) is 7.64. The van der Waals surface area contributed by atoms with Crippen molar-refractivity contribution in [2.45, 2.75) is 0 Å². The van der Waals surface area contributed by atoms with Crippen molar-refractivity contribution in [2.24, 2.45) is 0 Å². The Morgan fingerprint density at radius 2 is 2.05 bits per heavy atom. The summed E-state index contributed by atoms with van der Waals surface area (Å²) in [5.74, 6) is 0. The topological polar surface area (TPSA) is 49.6 Å². The summed E-state index contributed by atoms with van der Waals surface area (Å²) in [5.41, 5.74) is 2.45. The molecule has 3 aromatic heterocycles. The molecule has 3 rings (SSSR count). The van der Waals surface area contributed by atoms with E-state index < -0.39 is 0 Å². The van der Waals surface area contributed by atoms with E-state index in [0.29, 0.717) is 5.57 Å². The van der Waals surface area contributed by atoms with Gasteiger partial charge in [0.25, 0.3) is 0 Å². The van der Waals surface area contributed by atoms with E-state index in [1.54, 1.807) is 23.7 Å². The maximum atomic E-state index is 9.32. The lowest BCUT2D eigenvalue weighted by Gasteiger charge is -1.94. The van der Waals surface area contributed by atoms with Crippen LogP contribution in [0.1, 0.15) is 10.6 Å². The van der Waals surface area contributed by atoms with Gasteiger partial charge in [-0.15, -0.1) is 22.7 Å². The summed E-state index contributed by atoms with van der Waals surface area (Å²) in [6.07, 6.45) is 5.25. The van der Waals surface area contributed by atoms with Crippen LogP contribution in [-0.4, -0.2) is 9.97 Å². The van der Waals surface area contributed by atoms with E-state index >= 15 is 0 Å². The lowest BCUT2D eigenvalue weighted by atomic mass is 10.2. The number of rotatable bonds is 3. The van der Waals surface area contributed by atoms with Gasteiger partial charge in [0.2, 0.25) is 0 Å². The molecule has 96 valence electrons.